The molecule has 1 N–H and O–H groups in total. The van der Waals surface area contributed by atoms with Crippen LogP contribution in [-0.2, 0) is 0 Å². The normalized spacial score (nSPS) is 27.3. The fraction of sp³-hybridized carbons (Fsp3) is 1.00. The van der Waals surface area contributed by atoms with Crippen molar-refractivity contribution in [1.29, 1.82) is 0 Å². The summed E-state index contributed by atoms with van der Waals surface area (Å²) in [4.78, 5) is 0. The van der Waals surface area contributed by atoms with Crippen LogP contribution in [-0.4, -0.2) is 12.6 Å². The molecule has 0 spiro atoms. The summed E-state index contributed by atoms with van der Waals surface area (Å²) < 4.78 is 0. The van der Waals surface area contributed by atoms with Crippen molar-refractivity contribution < 1.29 is 0 Å². The highest BCUT2D eigenvalue weighted by Gasteiger charge is 2.29. The highest BCUT2D eigenvalue weighted by Crippen LogP contribution is 2.35. The Morgan fingerprint density at radius 2 is 1.94 bits per heavy atom. The van der Waals surface area contributed by atoms with E-state index in [1.165, 1.54) is 51.4 Å². The van der Waals surface area contributed by atoms with E-state index in [4.69, 9.17) is 0 Å². The van der Waals surface area contributed by atoms with Gasteiger partial charge < -0.3 is 5.32 Å². The third kappa shape index (κ3) is 5.30. The summed E-state index contributed by atoms with van der Waals surface area (Å²) in [5.41, 5.74) is 0. The third-order valence-corrected chi connectivity index (χ3v) is 4.90. The molecule has 1 rings (SSSR count). The van der Waals surface area contributed by atoms with Crippen LogP contribution in [0.3, 0.4) is 0 Å². The smallest absolute Gasteiger partial charge is 0.00979 e. The Labute approximate surface area is 115 Å². The maximum absolute atomic E-state index is 3.79. The third-order valence-electron chi connectivity index (χ3n) is 4.90. The topological polar surface area (TPSA) is 12.0 Å². The van der Waals surface area contributed by atoms with Gasteiger partial charge in [0.2, 0.25) is 0 Å². The summed E-state index contributed by atoms with van der Waals surface area (Å²) in [5, 5.41) is 3.79. The Morgan fingerprint density at radius 1 is 1.17 bits per heavy atom. The van der Waals surface area contributed by atoms with Gasteiger partial charge >= 0.3 is 0 Å². The first-order chi connectivity index (χ1) is 8.71. The molecular weight excluding hydrogens is 218 g/mol. The SMILES string of the molecule is CCCCC(CC)CC(NCC)C1CCC(C)C1. The lowest BCUT2D eigenvalue weighted by molar-refractivity contribution is 0.277. The minimum atomic E-state index is 0.793. The summed E-state index contributed by atoms with van der Waals surface area (Å²) in [6.07, 6.45) is 11.4. The van der Waals surface area contributed by atoms with Gasteiger partial charge in [-0.3, -0.25) is 0 Å². The Bertz CT molecular complexity index is 202. The van der Waals surface area contributed by atoms with Gasteiger partial charge in [-0.25, -0.2) is 0 Å². The molecule has 1 heteroatoms. The molecule has 1 aliphatic carbocycles. The molecule has 0 radical (unpaired) electrons. The first-order valence-electron chi connectivity index (χ1n) is 8.44. The molecule has 0 aromatic carbocycles. The minimum Gasteiger partial charge on any atom is -0.314 e. The maximum atomic E-state index is 3.79. The van der Waals surface area contributed by atoms with Crippen molar-refractivity contribution in [3.63, 3.8) is 0 Å². The molecule has 4 atom stereocenters. The number of hydrogen-bond donors (Lipinski definition) is 1. The van der Waals surface area contributed by atoms with Crippen LogP contribution in [0.15, 0.2) is 0 Å². The first-order valence-corrected chi connectivity index (χ1v) is 8.44. The molecule has 0 aliphatic heterocycles. The van der Waals surface area contributed by atoms with Gasteiger partial charge in [-0.15, -0.1) is 0 Å². The molecule has 0 saturated heterocycles. The zero-order valence-electron chi connectivity index (χ0n) is 13.2. The zero-order chi connectivity index (χ0) is 13.4. The van der Waals surface area contributed by atoms with Gasteiger partial charge in [0, 0.05) is 6.04 Å². The molecule has 1 aliphatic rings. The summed E-state index contributed by atoms with van der Waals surface area (Å²) in [6, 6.07) is 0.793. The fourth-order valence-electron chi connectivity index (χ4n) is 3.66. The van der Waals surface area contributed by atoms with E-state index < -0.39 is 0 Å². The van der Waals surface area contributed by atoms with Crippen molar-refractivity contribution in [2.45, 2.75) is 85.1 Å². The predicted octanol–water partition coefficient (Wildman–Crippen LogP) is 5.01. The molecule has 0 heterocycles. The number of hydrogen-bond acceptors (Lipinski definition) is 1. The molecule has 108 valence electrons. The highest BCUT2D eigenvalue weighted by atomic mass is 14.9. The lowest BCUT2D eigenvalue weighted by Crippen LogP contribution is -2.37. The van der Waals surface area contributed by atoms with Crippen LogP contribution in [0.25, 0.3) is 0 Å². The van der Waals surface area contributed by atoms with Crippen LogP contribution >= 0.6 is 0 Å². The molecule has 18 heavy (non-hydrogen) atoms. The van der Waals surface area contributed by atoms with Gasteiger partial charge in [0.25, 0.3) is 0 Å². The second kappa shape index (κ2) is 8.96. The highest BCUT2D eigenvalue weighted by molar-refractivity contribution is 4.84. The van der Waals surface area contributed by atoms with Crippen molar-refractivity contribution in [1.82, 2.24) is 5.32 Å². The van der Waals surface area contributed by atoms with Gasteiger partial charge in [0.15, 0.2) is 0 Å². The molecule has 1 nitrogen and oxygen atoms in total. The quantitative estimate of drug-likeness (QED) is 0.609. The maximum Gasteiger partial charge on any atom is 0.00979 e. The summed E-state index contributed by atoms with van der Waals surface area (Å²) in [7, 11) is 0. The van der Waals surface area contributed by atoms with E-state index in [9.17, 15) is 0 Å². The number of rotatable bonds is 9. The van der Waals surface area contributed by atoms with Gasteiger partial charge in [-0.2, -0.15) is 0 Å². The molecule has 0 aromatic heterocycles. The standard InChI is InChI=1S/C17H35N/c1-5-8-9-15(6-2)13-17(18-7-3)16-11-10-14(4)12-16/h14-18H,5-13H2,1-4H3. The molecule has 4 unspecified atom stereocenters. The largest absolute Gasteiger partial charge is 0.314 e. The Kier molecular flexibility index (Phi) is 7.97. The second-order valence-electron chi connectivity index (χ2n) is 6.49. The first kappa shape index (κ1) is 16.0. The Hall–Kier alpha value is -0.0400. The molecular formula is C17H35N. The van der Waals surface area contributed by atoms with E-state index in [1.54, 1.807) is 0 Å². The zero-order valence-corrected chi connectivity index (χ0v) is 13.2. The van der Waals surface area contributed by atoms with Crippen LogP contribution in [0.5, 0.6) is 0 Å². The van der Waals surface area contributed by atoms with Gasteiger partial charge in [-0.1, -0.05) is 59.8 Å². The van der Waals surface area contributed by atoms with Crippen LogP contribution in [0, 0.1) is 17.8 Å². The van der Waals surface area contributed by atoms with E-state index >= 15 is 0 Å². The number of unbranched alkanes of at least 4 members (excludes halogenated alkanes) is 1. The predicted molar refractivity (Wildman–Crippen MR) is 81.9 cm³/mol. The summed E-state index contributed by atoms with van der Waals surface area (Å²) in [5.74, 6) is 2.87. The van der Waals surface area contributed by atoms with Gasteiger partial charge in [0.1, 0.15) is 0 Å². The average molecular weight is 253 g/mol. The number of nitrogens with one attached hydrogen (secondary N) is 1. The second-order valence-corrected chi connectivity index (χ2v) is 6.49. The summed E-state index contributed by atoms with van der Waals surface area (Å²) in [6.45, 7) is 10.5. The molecule has 0 aromatic rings. The molecule has 1 saturated carbocycles. The van der Waals surface area contributed by atoms with Crippen LogP contribution < -0.4 is 5.32 Å². The van der Waals surface area contributed by atoms with Crippen molar-refractivity contribution >= 4 is 0 Å². The van der Waals surface area contributed by atoms with E-state index in [-0.39, 0.29) is 0 Å². The Balaban J connectivity index is 2.44. The molecule has 0 amide bonds. The Morgan fingerprint density at radius 3 is 2.44 bits per heavy atom. The van der Waals surface area contributed by atoms with Crippen molar-refractivity contribution in [3.05, 3.63) is 0 Å². The monoisotopic (exact) mass is 253 g/mol. The van der Waals surface area contributed by atoms with Crippen LogP contribution in [0.2, 0.25) is 0 Å². The van der Waals surface area contributed by atoms with E-state index in [0.29, 0.717) is 0 Å². The van der Waals surface area contributed by atoms with E-state index in [1.807, 2.05) is 0 Å². The average Bonchev–Trinajstić information content (AvgIpc) is 2.80. The van der Waals surface area contributed by atoms with Crippen molar-refractivity contribution in [2.24, 2.45) is 17.8 Å². The van der Waals surface area contributed by atoms with Crippen molar-refractivity contribution in [2.75, 3.05) is 6.54 Å². The van der Waals surface area contributed by atoms with Crippen LogP contribution in [0.1, 0.15) is 79.1 Å². The molecule has 1 fully saturated rings. The fourth-order valence-corrected chi connectivity index (χ4v) is 3.66. The minimum absolute atomic E-state index is 0.793. The van der Waals surface area contributed by atoms with Crippen LogP contribution in [0.4, 0.5) is 0 Å². The van der Waals surface area contributed by atoms with Gasteiger partial charge in [0.05, 0.1) is 0 Å². The summed E-state index contributed by atoms with van der Waals surface area (Å²) >= 11 is 0. The molecule has 0 bridgehead atoms. The lowest BCUT2D eigenvalue weighted by Gasteiger charge is -2.28. The lowest BCUT2D eigenvalue weighted by atomic mass is 9.85. The van der Waals surface area contributed by atoms with E-state index in [2.05, 4.69) is 33.0 Å². The van der Waals surface area contributed by atoms with Gasteiger partial charge in [-0.05, 0) is 43.6 Å². The van der Waals surface area contributed by atoms with E-state index in [0.717, 1.165) is 30.3 Å². The van der Waals surface area contributed by atoms with Crippen molar-refractivity contribution in [3.8, 4) is 0 Å².